The smallest absolute Gasteiger partial charge is 0.244 e. The Morgan fingerprint density at radius 3 is 2.67 bits per heavy atom. The van der Waals surface area contributed by atoms with E-state index in [2.05, 4.69) is 5.32 Å². The van der Waals surface area contributed by atoms with Crippen LogP contribution in [-0.2, 0) is 9.59 Å². The van der Waals surface area contributed by atoms with Crippen molar-refractivity contribution in [3.05, 3.63) is 0 Å². The minimum Gasteiger partial charge on any atom is -0.344 e. The zero-order chi connectivity index (χ0) is 13.7. The van der Waals surface area contributed by atoms with Gasteiger partial charge in [-0.15, -0.1) is 0 Å². The van der Waals surface area contributed by atoms with Gasteiger partial charge in [-0.3, -0.25) is 9.59 Å². The molecular formula is C13H25N3O2. The molecule has 1 rings (SSSR count). The molecule has 0 aliphatic heterocycles. The van der Waals surface area contributed by atoms with Gasteiger partial charge in [0.1, 0.15) is 6.04 Å². The van der Waals surface area contributed by atoms with Crippen LogP contribution in [0.15, 0.2) is 0 Å². The molecule has 0 aromatic rings. The van der Waals surface area contributed by atoms with E-state index in [-0.39, 0.29) is 23.8 Å². The van der Waals surface area contributed by atoms with Crippen molar-refractivity contribution in [1.29, 1.82) is 0 Å². The van der Waals surface area contributed by atoms with Crippen molar-refractivity contribution < 1.29 is 9.59 Å². The maximum atomic E-state index is 12.0. The van der Waals surface area contributed by atoms with E-state index in [0.717, 1.165) is 25.7 Å². The molecule has 1 aliphatic rings. The van der Waals surface area contributed by atoms with Gasteiger partial charge in [0.15, 0.2) is 0 Å². The second-order valence-corrected chi connectivity index (χ2v) is 5.21. The summed E-state index contributed by atoms with van der Waals surface area (Å²) in [7, 11) is 1.74. The summed E-state index contributed by atoms with van der Waals surface area (Å²) < 4.78 is 0. The van der Waals surface area contributed by atoms with Crippen molar-refractivity contribution in [2.45, 2.75) is 51.6 Å². The number of nitrogens with two attached hydrogens (primary N) is 1. The molecule has 104 valence electrons. The third kappa shape index (κ3) is 3.98. The van der Waals surface area contributed by atoms with Crippen molar-refractivity contribution in [3.8, 4) is 0 Å². The fraction of sp³-hybridized carbons (Fsp3) is 0.846. The topological polar surface area (TPSA) is 75.4 Å². The molecule has 0 bridgehead atoms. The van der Waals surface area contributed by atoms with Gasteiger partial charge in [0.25, 0.3) is 0 Å². The molecule has 0 aromatic carbocycles. The van der Waals surface area contributed by atoms with Gasteiger partial charge in [-0.05, 0) is 33.1 Å². The molecule has 18 heavy (non-hydrogen) atoms. The zero-order valence-electron chi connectivity index (χ0n) is 11.6. The molecule has 1 fully saturated rings. The highest BCUT2D eigenvalue weighted by Crippen LogP contribution is 2.23. The third-order valence-corrected chi connectivity index (χ3v) is 3.67. The van der Waals surface area contributed by atoms with E-state index >= 15 is 0 Å². The minimum atomic E-state index is -0.458. The summed E-state index contributed by atoms with van der Waals surface area (Å²) in [5.74, 6) is -0.114. The zero-order valence-corrected chi connectivity index (χ0v) is 11.6. The molecule has 0 radical (unpaired) electrons. The van der Waals surface area contributed by atoms with E-state index in [1.807, 2.05) is 6.92 Å². The molecule has 2 amide bonds. The molecule has 0 saturated heterocycles. The van der Waals surface area contributed by atoms with Gasteiger partial charge in [-0.2, -0.15) is 0 Å². The van der Waals surface area contributed by atoms with Crippen LogP contribution in [0, 0.1) is 5.92 Å². The summed E-state index contributed by atoms with van der Waals surface area (Å²) in [6.07, 6.45) is 3.60. The Labute approximate surface area is 109 Å². The third-order valence-electron chi connectivity index (χ3n) is 3.67. The first-order valence-electron chi connectivity index (χ1n) is 6.76. The van der Waals surface area contributed by atoms with E-state index in [1.54, 1.807) is 18.9 Å². The van der Waals surface area contributed by atoms with E-state index < -0.39 is 6.04 Å². The molecule has 3 atom stereocenters. The lowest BCUT2D eigenvalue weighted by molar-refractivity contribution is -0.136. The molecule has 1 saturated carbocycles. The monoisotopic (exact) mass is 255 g/mol. The lowest BCUT2D eigenvalue weighted by atomic mass is 9.85. The summed E-state index contributed by atoms with van der Waals surface area (Å²) >= 11 is 0. The number of amides is 2. The summed E-state index contributed by atoms with van der Waals surface area (Å²) in [4.78, 5) is 25.5. The van der Waals surface area contributed by atoms with Gasteiger partial charge in [0.2, 0.25) is 11.8 Å². The summed E-state index contributed by atoms with van der Waals surface area (Å²) in [6.45, 7) is 4.29. The highest BCUT2D eigenvalue weighted by Gasteiger charge is 2.27. The van der Waals surface area contributed by atoms with Crippen LogP contribution < -0.4 is 11.1 Å². The van der Waals surface area contributed by atoms with Crippen molar-refractivity contribution >= 4 is 11.8 Å². The standard InChI is InChI=1S/C13H25N3O2/c1-4-16(3)13(18)9(2)15-12(17)10-6-5-7-11(14)8-10/h9-11H,4-8,14H2,1-3H3,(H,15,17). The number of rotatable bonds is 4. The lowest BCUT2D eigenvalue weighted by Gasteiger charge is -2.27. The average Bonchev–Trinajstić information content (AvgIpc) is 2.36. The van der Waals surface area contributed by atoms with E-state index in [0.29, 0.717) is 6.54 Å². The van der Waals surface area contributed by atoms with Crippen LogP contribution in [0.25, 0.3) is 0 Å². The Bertz CT molecular complexity index is 307. The predicted molar refractivity (Wildman–Crippen MR) is 70.8 cm³/mol. The van der Waals surface area contributed by atoms with Gasteiger partial charge in [-0.1, -0.05) is 6.42 Å². The van der Waals surface area contributed by atoms with E-state index in [4.69, 9.17) is 5.73 Å². The van der Waals surface area contributed by atoms with Crippen molar-refractivity contribution in [2.75, 3.05) is 13.6 Å². The second-order valence-electron chi connectivity index (χ2n) is 5.21. The molecule has 0 spiro atoms. The van der Waals surface area contributed by atoms with Crippen molar-refractivity contribution in [1.82, 2.24) is 10.2 Å². The van der Waals surface area contributed by atoms with Gasteiger partial charge < -0.3 is 16.0 Å². The fourth-order valence-corrected chi connectivity index (χ4v) is 2.35. The Morgan fingerprint density at radius 1 is 1.44 bits per heavy atom. The highest BCUT2D eigenvalue weighted by atomic mass is 16.2. The molecule has 5 heteroatoms. The van der Waals surface area contributed by atoms with Crippen molar-refractivity contribution in [3.63, 3.8) is 0 Å². The Morgan fingerprint density at radius 2 is 2.11 bits per heavy atom. The summed E-state index contributed by atoms with van der Waals surface area (Å²) in [6, 6.07) is -0.334. The number of carbonyl (C=O) groups excluding carboxylic acids is 2. The summed E-state index contributed by atoms with van der Waals surface area (Å²) in [5.41, 5.74) is 5.87. The minimum absolute atomic E-state index is 0.0315. The Balaban J connectivity index is 2.46. The maximum absolute atomic E-state index is 12.0. The number of carbonyl (C=O) groups is 2. The largest absolute Gasteiger partial charge is 0.344 e. The molecule has 1 aliphatic carbocycles. The van der Waals surface area contributed by atoms with Crippen LogP contribution in [-0.4, -0.2) is 42.4 Å². The molecule has 0 aromatic heterocycles. The number of hydrogen-bond donors (Lipinski definition) is 2. The van der Waals surface area contributed by atoms with Gasteiger partial charge in [0.05, 0.1) is 0 Å². The van der Waals surface area contributed by atoms with E-state index in [9.17, 15) is 9.59 Å². The first-order valence-corrected chi connectivity index (χ1v) is 6.76. The van der Waals surface area contributed by atoms with Crippen LogP contribution in [0.1, 0.15) is 39.5 Å². The van der Waals surface area contributed by atoms with Gasteiger partial charge >= 0.3 is 0 Å². The Kier molecular flexibility index (Phi) is 5.59. The summed E-state index contributed by atoms with van der Waals surface area (Å²) in [5, 5.41) is 2.80. The van der Waals surface area contributed by atoms with Crippen LogP contribution in [0.5, 0.6) is 0 Å². The van der Waals surface area contributed by atoms with Crippen LogP contribution in [0.4, 0.5) is 0 Å². The Hall–Kier alpha value is -1.10. The number of nitrogens with one attached hydrogen (secondary N) is 1. The van der Waals surface area contributed by atoms with E-state index in [1.165, 1.54) is 0 Å². The van der Waals surface area contributed by atoms with Crippen LogP contribution >= 0.6 is 0 Å². The van der Waals surface area contributed by atoms with Crippen molar-refractivity contribution in [2.24, 2.45) is 11.7 Å². The first-order chi connectivity index (χ1) is 8.45. The first kappa shape index (κ1) is 15.0. The maximum Gasteiger partial charge on any atom is 0.244 e. The van der Waals surface area contributed by atoms with Gasteiger partial charge in [0, 0.05) is 25.6 Å². The number of hydrogen-bond acceptors (Lipinski definition) is 3. The number of likely N-dealkylation sites (N-methyl/N-ethyl adjacent to an activating group) is 1. The highest BCUT2D eigenvalue weighted by molar-refractivity contribution is 5.88. The fourth-order valence-electron chi connectivity index (χ4n) is 2.35. The SMILES string of the molecule is CCN(C)C(=O)C(C)NC(=O)C1CCCC(N)C1. The molecule has 3 N–H and O–H groups in total. The van der Waals surface area contributed by atoms with Crippen LogP contribution in [0.3, 0.4) is 0 Å². The second kappa shape index (κ2) is 6.73. The van der Waals surface area contributed by atoms with Gasteiger partial charge in [-0.25, -0.2) is 0 Å². The van der Waals surface area contributed by atoms with Crippen LogP contribution in [0.2, 0.25) is 0 Å². The molecule has 3 unspecified atom stereocenters. The average molecular weight is 255 g/mol. The molecule has 5 nitrogen and oxygen atoms in total. The number of nitrogens with zero attached hydrogens (tertiary/aromatic N) is 1. The molecule has 0 heterocycles. The normalized spacial score (nSPS) is 25.3. The predicted octanol–water partition coefficient (Wildman–Crippen LogP) is 0.487. The quantitative estimate of drug-likeness (QED) is 0.767. The molecular weight excluding hydrogens is 230 g/mol. The lowest BCUT2D eigenvalue weighted by Crippen LogP contribution is -2.48.